The van der Waals surface area contributed by atoms with E-state index in [1.165, 1.54) is 0 Å². The molecule has 2 aromatic carbocycles. The highest BCUT2D eigenvalue weighted by Gasteiger charge is 2.18. The Morgan fingerprint density at radius 1 is 1.04 bits per heavy atom. The lowest BCUT2D eigenvalue weighted by molar-refractivity contribution is -0.115. The molecule has 25 heavy (non-hydrogen) atoms. The Hall–Kier alpha value is -2.33. The molecular weight excluding hydrogens is 312 g/mol. The van der Waals surface area contributed by atoms with E-state index in [1.807, 2.05) is 42.5 Å². The minimum Gasteiger partial charge on any atom is -0.496 e. The predicted molar refractivity (Wildman–Crippen MR) is 103 cm³/mol. The molecule has 0 aliphatic heterocycles. The lowest BCUT2D eigenvalue weighted by atomic mass is 9.86. The maximum Gasteiger partial charge on any atom is 0.238 e. The molecule has 0 aliphatic carbocycles. The van der Waals surface area contributed by atoms with Crippen LogP contribution in [-0.2, 0) is 16.6 Å². The minimum atomic E-state index is -0.0308. The lowest BCUT2D eigenvalue weighted by Crippen LogP contribution is -2.30. The first-order chi connectivity index (χ1) is 11.9. The number of amides is 1. The van der Waals surface area contributed by atoms with Gasteiger partial charge >= 0.3 is 0 Å². The number of para-hydroxylation sites is 2. The van der Waals surface area contributed by atoms with Gasteiger partial charge in [-0.25, -0.2) is 0 Å². The molecule has 134 valence electrons. The van der Waals surface area contributed by atoms with E-state index in [9.17, 15) is 4.79 Å². The fourth-order valence-corrected chi connectivity index (χ4v) is 2.78. The van der Waals surface area contributed by atoms with Gasteiger partial charge in [-0.2, -0.15) is 0 Å². The Kier molecular flexibility index (Phi) is 6.59. The second-order valence-electron chi connectivity index (χ2n) is 7.08. The number of nitrogens with one attached hydrogen (secondary N) is 2. The van der Waals surface area contributed by atoms with Gasteiger partial charge in [-0.1, -0.05) is 57.2 Å². The third kappa shape index (κ3) is 5.61. The van der Waals surface area contributed by atoms with Crippen LogP contribution in [0.1, 0.15) is 31.9 Å². The van der Waals surface area contributed by atoms with Gasteiger partial charge in [0, 0.05) is 5.69 Å². The molecule has 0 saturated carbocycles. The van der Waals surface area contributed by atoms with Crippen LogP contribution in [0, 0.1) is 0 Å². The van der Waals surface area contributed by atoms with E-state index >= 15 is 0 Å². The second kappa shape index (κ2) is 8.67. The van der Waals surface area contributed by atoms with E-state index in [4.69, 9.17) is 4.74 Å². The van der Waals surface area contributed by atoms with E-state index in [0.717, 1.165) is 29.0 Å². The summed E-state index contributed by atoms with van der Waals surface area (Å²) >= 11 is 0. The molecule has 0 bridgehead atoms. The predicted octanol–water partition coefficient (Wildman–Crippen LogP) is 3.76. The van der Waals surface area contributed by atoms with Crippen LogP contribution in [-0.4, -0.2) is 26.1 Å². The van der Waals surface area contributed by atoms with E-state index in [0.29, 0.717) is 6.54 Å². The summed E-state index contributed by atoms with van der Waals surface area (Å²) in [5.74, 6) is 0.851. The average Bonchev–Trinajstić information content (AvgIpc) is 2.58. The van der Waals surface area contributed by atoms with Gasteiger partial charge in [-0.15, -0.1) is 0 Å². The SMILES string of the molecule is COc1ccccc1CCNCC(=O)Nc1ccccc1C(C)(C)C. The number of hydrogen-bond donors (Lipinski definition) is 2. The number of ether oxygens (including phenoxy) is 1. The third-order valence-corrected chi connectivity index (χ3v) is 4.06. The van der Waals surface area contributed by atoms with Crippen molar-refractivity contribution in [3.05, 3.63) is 59.7 Å². The molecule has 0 aromatic heterocycles. The molecule has 0 aliphatic rings. The number of hydrogen-bond acceptors (Lipinski definition) is 3. The van der Waals surface area contributed by atoms with Crippen LogP contribution in [0.15, 0.2) is 48.5 Å². The summed E-state index contributed by atoms with van der Waals surface area (Å²) < 4.78 is 5.34. The summed E-state index contributed by atoms with van der Waals surface area (Å²) in [6.07, 6.45) is 0.815. The summed E-state index contributed by atoms with van der Waals surface area (Å²) in [7, 11) is 1.67. The summed E-state index contributed by atoms with van der Waals surface area (Å²) in [5.41, 5.74) is 3.14. The molecular formula is C21H28N2O2. The monoisotopic (exact) mass is 340 g/mol. The van der Waals surface area contributed by atoms with E-state index < -0.39 is 0 Å². The lowest BCUT2D eigenvalue weighted by Gasteiger charge is -2.23. The van der Waals surface area contributed by atoms with Gasteiger partial charge in [-0.05, 0) is 41.6 Å². The van der Waals surface area contributed by atoms with E-state index in [2.05, 4.69) is 37.5 Å². The second-order valence-corrected chi connectivity index (χ2v) is 7.08. The molecule has 2 aromatic rings. The van der Waals surface area contributed by atoms with Gasteiger partial charge in [0.05, 0.1) is 13.7 Å². The van der Waals surface area contributed by atoms with Crippen LogP contribution in [0.4, 0.5) is 5.69 Å². The standard InChI is InChI=1S/C21H28N2O2/c1-21(2,3)17-10-6-7-11-18(17)23-20(24)15-22-14-13-16-9-5-8-12-19(16)25-4/h5-12,22H,13-15H2,1-4H3,(H,23,24). The van der Waals surface area contributed by atoms with Crippen LogP contribution >= 0.6 is 0 Å². The van der Waals surface area contributed by atoms with Crippen molar-refractivity contribution in [3.8, 4) is 5.75 Å². The largest absolute Gasteiger partial charge is 0.496 e. The number of rotatable bonds is 7. The van der Waals surface area contributed by atoms with E-state index in [-0.39, 0.29) is 17.9 Å². The molecule has 0 atom stereocenters. The molecule has 2 rings (SSSR count). The fourth-order valence-electron chi connectivity index (χ4n) is 2.78. The molecule has 4 heteroatoms. The molecule has 0 unspecified atom stereocenters. The first-order valence-corrected chi connectivity index (χ1v) is 8.64. The van der Waals surface area contributed by atoms with E-state index in [1.54, 1.807) is 7.11 Å². The van der Waals surface area contributed by atoms with Crippen LogP contribution in [0.3, 0.4) is 0 Å². The maximum atomic E-state index is 12.2. The van der Waals surface area contributed by atoms with Crippen molar-refractivity contribution in [2.24, 2.45) is 0 Å². The van der Waals surface area contributed by atoms with Crippen LogP contribution in [0.5, 0.6) is 5.75 Å². The molecule has 0 heterocycles. The quantitative estimate of drug-likeness (QED) is 0.755. The molecule has 0 saturated heterocycles. The zero-order valence-electron chi connectivity index (χ0n) is 15.6. The van der Waals surface area contributed by atoms with Crippen molar-refractivity contribution in [1.82, 2.24) is 5.32 Å². The van der Waals surface area contributed by atoms with Gasteiger partial charge in [-0.3, -0.25) is 4.79 Å². The molecule has 0 spiro atoms. The Balaban J connectivity index is 1.84. The minimum absolute atomic E-state index is 0.0127. The summed E-state index contributed by atoms with van der Waals surface area (Å²) in [5, 5.41) is 6.21. The van der Waals surface area contributed by atoms with Crippen molar-refractivity contribution in [2.75, 3.05) is 25.5 Å². The number of carbonyl (C=O) groups excluding carboxylic acids is 1. The molecule has 1 amide bonds. The Morgan fingerprint density at radius 3 is 2.44 bits per heavy atom. The molecule has 0 fully saturated rings. The van der Waals surface area contributed by atoms with Gasteiger partial charge in [0.25, 0.3) is 0 Å². The smallest absolute Gasteiger partial charge is 0.238 e. The Bertz CT molecular complexity index is 705. The maximum absolute atomic E-state index is 12.2. The zero-order valence-corrected chi connectivity index (χ0v) is 15.6. The van der Waals surface area contributed by atoms with Crippen molar-refractivity contribution in [2.45, 2.75) is 32.6 Å². The molecule has 0 radical (unpaired) electrons. The van der Waals surface area contributed by atoms with Gasteiger partial charge in [0.2, 0.25) is 5.91 Å². The molecule has 4 nitrogen and oxygen atoms in total. The van der Waals surface area contributed by atoms with Crippen LogP contribution < -0.4 is 15.4 Å². The van der Waals surface area contributed by atoms with Gasteiger partial charge < -0.3 is 15.4 Å². The van der Waals surface area contributed by atoms with Gasteiger partial charge in [0.1, 0.15) is 5.75 Å². The highest BCUT2D eigenvalue weighted by Crippen LogP contribution is 2.29. The average molecular weight is 340 g/mol. The number of benzene rings is 2. The third-order valence-electron chi connectivity index (χ3n) is 4.06. The van der Waals surface area contributed by atoms with Crippen molar-refractivity contribution < 1.29 is 9.53 Å². The summed E-state index contributed by atoms with van der Waals surface area (Å²) in [6, 6.07) is 15.9. The summed E-state index contributed by atoms with van der Waals surface area (Å²) in [6.45, 7) is 7.43. The topological polar surface area (TPSA) is 50.4 Å². The van der Waals surface area contributed by atoms with Crippen molar-refractivity contribution >= 4 is 11.6 Å². The molecule has 2 N–H and O–H groups in total. The van der Waals surface area contributed by atoms with Crippen LogP contribution in [0.2, 0.25) is 0 Å². The Labute approximate surface area is 150 Å². The van der Waals surface area contributed by atoms with Crippen molar-refractivity contribution in [3.63, 3.8) is 0 Å². The highest BCUT2D eigenvalue weighted by atomic mass is 16.5. The van der Waals surface area contributed by atoms with Crippen LogP contribution in [0.25, 0.3) is 0 Å². The first-order valence-electron chi connectivity index (χ1n) is 8.64. The highest BCUT2D eigenvalue weighted by molar-refractivity contribution is 5.93. The number of carbonyl (C=O) groups is 1. The first kappa shape index (κ1) is 19.0. The fraction of sp³-hybridized carbons (Fsp3) is 0.381. The normalized spacial score (nSPS) is 11.2. The number of anilines is 1. The summed E-state index contributed by atoms with van der Waals surface area (Å²) in [4.78, 5) is 12.2. The zero-order chi connectivity index (χ0) is 18.3. The number of methoxy groups -OCH3 is 1. The van der Waals surface area contributed by atoms with Gasteiger partial charge in [0.15, 0.2) is 0 Å². The Morgan fingerprint density at radius 2 is 1.72 bits per heavy atom. The van der Waals surface area contributed by atoms with Crippen molar-refractivity contribution in [1.29, 1.82) is 0 Å².